The second-order valence-electron chi connectivity index (χ2n) is 5.73. The minimum atomic E-state index is -0.669. The van der Waals surface area contributed by atoms with Gasteiger partial charge in [0, 0.05) is 6.04 Å². The summed E-state index contributed by atoms with van der Waals surface area (Å²) in [5.41, 5.74) is 0. The molecule has 1 fully saturated rings. The maximum atomic E-state index is 11.6. The lowest BCUT2D eigenvalue weighted by atomic mass is 10.2. The topological polar surface area (TPSA) is 93.7 Å². The van der Waals surface area contributed by atoms with Crippen molar-refractivity contribution in [3.63, 3.8) is 0 Å². The van der Waals surface area contributed by atoms with Crippen molar-refractivity contribution in [2.45, 2.75) is 25.8 Å². The standard InChI is InChI=1S/C17H22N2O5/c1-12(13-7-8-13)19-16(21)11-24-17(22)9-18-15(20)10-23-14-5-3-2-4-6-14/h2-6,12-13H,7-11H2,1H3,(H,18,20)(H,19,21)/t12-/m0/s1. The number of hydrogen-bond donors (Lipinski definition) is 2. The fourth-order valence-electron chi connectivity index (χ4n) is 2.09. The Bertz CT molecular complexity index is 572. The van der Waals surface area contributed by atoms with Gasteiger partial charge in [0.2, 0.25) is 0 Å². The van der Waals surface area contributed by atoms with Crippen molar-refractivity contribution in [2.75, 3.05) is 19.8 Å². The summed E-state index contributed by atoms with van der Waals surface area (Å²) in [4.78, 5) is 34.7. The van der Waals surface area contributed by atoms with Crippen LogP contribution in [-0.4, -0.2) is 43.6 Å². The van der Waals surface area contributed by atoms with Gasteiger partial charge in [0.05, 0.1) is 0 Å². The smallest absolute Gasteiger partial charge is 0.325 e. The first-order valence-corrected chi connectivity index (χ1v) is 7.94. The molecule has 7 nitrogen and oxygen atoms in total. The van der Waals surface area contributed by atoms with Gasteiger partial charge in [0.25, 0.3) is 11.8 Å². The Kier molecular flexibility index (Phi) is 6.60. The highest BCUT2D eigenvalue weighted by atomic mass is 16.5. The number of esters is 1. The number of amides is 2. The number of hydrogen-bond acceptors (Lipinski definition) is 5. The molecule has 2 rings (SSSR count). The van der Waals surface area contributed by atoms with Gasteiger partial charge in [-0.1, -0.05) is 18.2 Å². The number of carbonyl (C=O) groups is 3. The van der Waals surface area contributed by atoms with Crippen LogP contribution in [0.1, 0.15) is 19.8 Å². The lowest BCUT2D eigenvalue weighted by molar-refractivity contribution is -0.148. The fraction of sp³-hybridized carbons (Fsp3) is 0.471. The molecule has 0 unspecified atom stereocenters. The first-order chi connectivity index (χ1) is 11.5. The molecule has 0 saturated heterocycles. The average Bonchev–Trinajstić information content (AvgIpc) is 3.42. The Morgan fingerprint density at radius 1 is 1.12 bits per heavy atom. The predicted octanol–water partition coefficient (Wildman–Crippen LogP) is 0.640. The summed E-state index contributed by atoms with van der Waals surface area (Å²) in [6.45, 7) is 1.09. The van der Waals surface area contributed by atoms with Gasteiger partial charge in [0.15, 0.2) is 13.2 Å². The number of benzene rings is 1. The molecular formula is C17H22N2O5. The molecule has 2 amide bonds. The van der Waals surface area contributed by atoms with Crippen LogP contribution in [0, 0.1) is 5.92 Å². The first kappa shape index (κ1) is 17.8. The molecule has 0 spiro atoms. The van der Waals surface area contributed by atoms with E-state index in [1.54, 1.807) is 24.3 Å². The van der Waals surface area contributed by atoms with Crippen LogP contribution in [0.25, 0.3) is 0 Å². The van der Waals surface area contributed by atoms with E-state index >= 15 is 0 Å². The van der Waals surface area contributed by atoms with Gasteiger partial charge in [-0.2, -0.15) is 0 Å². The van der Waals surface area contributed by atoms with Crippen LogP contribution < -0.4 is 15.4 Å². The van der Waals surface area contributed by atoms with Gasteiger partial charge in [-0.15, -0.1) is 0 Å². The third kappa shape index (κ3) is 6.68. The van der Waals surface area contributed by atoms with Crippen molar-refractivity contribution in [1.82, 2.24) is 10.6 Å². The molecule has 1 aliphatic rings. The lowest BCUT2D eigenvalue weighted by Gasteiger charge is -2.12. The van der Waals surface area contributed by atoms with Crippen LogP contribution in [-0.2, 0) is 19.1 Å². The van der Waals surface area contributed by atoms with E-state index in [9.17, 15) is 14.4 Å². The van der Waals surface area contributed by atoms with E-state index in [4.69, 9.17) is 9.47 Å². The van der Waals surface area contributed by atoms with Crippen molar-refractivity contribution >= 4 is 17.8 Å². The highest BCUT2D eigenvalue weighted by Gasteiger charge is 2.28. The Hall–Kier alpha value is -2.57. The predicted molar refractivity (Wildman–Crippen MR) is 86.2 cm³/mol. The third-order valence-corrected chi connectivity index (χ3v) is 3.63. The van der Waals surface area contributed by atoms with Crippen molar-refractivity contribution in [3.05, 3.63) is 30.3 Å². The van der Waals surface area contributed by atoms with Crippen LogP contribution in [0.3, 0.4) is 0 Å². The highest BCUT2D eigenvalue weighted by molar-refractivity contribution is 5.84. The van der Waals surface area contributed by atoms with Gasteiger partial charge in [-0.25, -0.2) is 0 Å². The molecule has 0 heterocycles. The first-order valence-electron chi connectivity index (χ1n) is 7.94. The molecule has 7 heteroatoms. The normalized spacial score (nSPS) is 14.4. The van der Waals surface area contributed by atoms with Crippen LogP contribution in [0.5, 0.6) is 5.75 Å². The largest absolute Gasteiger partial charge is 0.484 e. The molecule has 0 aliphatic heterocycles. The molecule has 2 N–H and O–H groups in total. The van der Waals surface area contributed by atoms with Gasteiger partial charge < -0.3 is 20.1 Å². The average molecular weight is 334 g/mol. The number of ether oxygens (including phenoxy) is 2. The Balaban J connectivity index is 1.55. The number of rotatable bonds is 9. The Labute approximate surface area is 140 Å². The summed E-state index contributed by atoms with van der Waals surface area (Å²) in [5.74, 6) is -0.341. The maximum Gasteiger partial charge on any atom is 0.325 e. The lowest BCUT2D eigenvalue weighted by Crippen LogP contribution is -2.39. The SMILES string of the molecule is C[C@H](NC(=O)COC(=O)CNC(=O)COc1ccccc1)C1CC1. The second-order valence-corrected chi connectivity index (χ2v) is 5.73. The number of nitrogens with one attached hydrogen (secondary N) is 2. The molecule has 1 aromatic carbocycles. The number of carbonyl (C=O) groups excluding carboxylic acids is 3. The summed E-state index contributed by atoms with van der Waals surface area (Å²) < 4.78 is 10.1. The van der Waals surface area contributed by atoms with E-state index in [1.807, 2.05) is 13.0 Å². The van der Waals surface area contributed by atoms with Crippen molar-refractivity contribution in [1.29, 1.82) is 0 Å². The summed E-state index contributed by atoms with van der Waals surface area (Å²) in [6, 6.07) is 8.97. The molecule has 1 saturated carbocycles. The van der Waals surface area contributed by atoms with E-state index in [0.717, 1.165) is 12.8 Å². The van der Waals surface area contributed by atoms with Crippen LogP contribution in [0.15, 0.2) is 30.3 Å². The van der Waals surface area contributed by atoms with Crippen molar-refractivity contribution in [2.24, 2.45) is 5.92 Å². The molecule has 24 heavy (non-hydrogen) atoms. The quantitative estimate of drug-likeness (QED) is 0.647. The van der Waals surface area contributed by atoms with E-state index in [-0.39, 0.29) is 31.7 Å². The van der Waals surface area contributed by atoms with E-state index in [2.05, 4.69) is 10.6 Å². The van der Waals surface area contributed by atoms with Crippen LogP contribution in [0.2, 0.25) is 0 Å². The second kappa shape index (κ2) is 8.90. The molecule has 1 aromatic rings. The van der Waals surface area contributed by atoms with Crippen molar-refractivity contribution < 1.29 is 23.9 Å². The highest BCUT2D eigenvalue weighted by Crippen LogP contribution is 2.32. The molecule has 130 valence electrons. The zero-order chi connectivity index (χ0) is 17.4. The van der Waals surface area contributed by atoms with Gasteiger partial charge in [0.1, 0.15) is 12.3 Å². The van der Waals surface area contributed by atoms with E-state index in [0.29, 0.717) is 11.7 Å². The Morgan fingerprint density at radius 3 is 2.50 bits per heavy atom. The number of para-hydroxylation sites is 1. The van der Waals surface area contributed by atoms with Gasteiger partial charge >= 0.3 is 5.97 Å². The fourth-order valence-corrected chi connectivity index (χ4v) is 2.09. The zero-order valence-electron chi connectivity index (χ0n) is 13.6. The summed E-state index contributed by atoms with van der Waals surface area (Å²) in [6.07, 6.45) is 2.25. The van der Waals surface area contributed by atoms with E-state index < -0.39 is 11.9 Å². The molecule has 0 aromatic heterocycles. The molecule has 0 radical (unpaired) electrons. The minimum absolute atomic E-state index is 0.103. The monoisotopic (exact) mass is 334 g/mol. The van der Waals surface area contributed by atoms with E-state index in [1.165, 1.54) is 0 Å². The van der Waals surface area contributed by atoms with Crippen molar-refractivity contribution in [3.8, 4) is 5.75 Å². The molecule has 1 atom stereocenters. The maximum absolute atomic E-state index is 11.6. The van der Waals surface area contributed by atoms with Gasteiger partial charge in [-0.3, -0.25) is 14.4 Å². The van der Waals surface area contributed by atoms with Gasteiger partial charge in [-0.05, 0) is 37.8 Å². The Morgan fingerprint density at radius 2 is 1.83 bits per heavy atom. The summed E-state index contributed by atoms with van der Waals surface area (Å²) in [7, 11) is 0. The summed E-state index contributed by atoms with van der Waals surface area (Å²) >= 11 is 0. The van der Waals surface area contributed by atoms with Crippen LogP contribution in [0.4, 0.5) is 0 Å². The molecule has 0 bridgehead atoms. The molecular weight excluding hydrogens is 312 g/mol. The third-order valence-electron chi connectivity index (χ3n) is 3.63. The van der Waals surface area contributed by atoms with Crippen LogP contribution >= 0.6 is 0 Å². The minimum Gasteiger partial charge on any atom is -0.484 e. The summed E-state index contributed by atoms with van der Waals surface area (Å²) in [5, 5.41) is 5.15. The molecule has 1 aliphatic carbocycles. The zero-order valence-corrected chi connectivity index (χ0v) is 13.6.